The highest BCUT2D eigenvalue weighted by Crippen LogP contribution is 2.32. The lowest BCUT2D eigenvalue weighted by Crippen LogP contribution is -2.27. The summed E-state index contributed by atoms with van der Waals surface area (Å²) < 4.78 is 6.42. The van der Waals surface area contributed by atoms with Crippen LogP contribution in [-0.4, -0.2) is 23.6 Å². The van der Waals surface area contributed by atoms with Gasteiger partial charge in [-0.15, -0.1) is 0 Å². The molecule has 0 spiro atoms. The van der Waals surface area contributed by atoms with E-state index in [-0.39, 0.29) is 11.6 Å². The van der Waals surface area contributed by atoms with Gasteiger partial charge in [0.15, 0.2) is 6.61 Å². The number of carboxylic acids is 1. The highest BCUT2D eigenvalue weighted by atomic mass is 127. The Balaban J connectivity index is 2.20. The highest BCUT2D eigenvalue weighted by molar-refractivity contribution is 14.1. The molecule has 144 valence electrons. The lowest BCUT2D eigenvalue weighted by Gasteiger charge is -2.14. The van der Waals surface area contributed by atoms with Crippen LogP contribution in [0.4, 0.5) is 0 Å². The number of halogens is 2. The molecule has 2 aromatic carbocycles. The van der Waals surface area contributed by atoms with E-state index < -0.39 is 18.5 Å². The first-order valence-corrected chi connectivity index (χ1v) is 10.00. The molecule has 2 rings (SSSR count). The zero-order chi connectivity index (χ0) is 20.7. The minimum Gasteiger partial charge on any atom is -0.480 e. The van der Waals surface area contributed by atoms with Crippen molar-refractivity contribution >= 4 is 56.5 Å². The summed E-state index contributed by atoms with van der Waals surface area (Å²) in [7, 11) is 0. The van der Waals surface area contributed by atoms with Crippen LogP contribution in [0.25, 0.3) is 6.08 Å². The topological polar surface area (TPSA) is 99.4 Å². The van der Waals surface area contributed by atoms with Crippen LogP contribution in [0.1, 0.15) is 24.1 Å². The molecule has 0 saturated carbocycles. The Labute approximate surface area is 184 Å². The molecule has 0 saturated heterocycles. The fourth-order valence-corrected chi connectivity index (χ4v) is 4.12. The van der Waals surface area contributed by atoms with Crippen molar-refractivity contribution < 1.29 is 19.4 Å². The van der Waals surface area contributed by atoms with E-state index in [1.165, 1.54) is 6.08 Å². The predicted octanol–water partition coefficient (Wildman–Crippen LogP) is 4.30. The smallest absolute Gasteiger partial charge is 0.341 e. The summed E-state index contributed by atoms with van der Waals surface area (Å²) in [4.78, 5) is 23.2. The maximum atomic E-state index is 12.5. The lowest BCUT2D eigenvalue weighted by atomic mass is 10.1. The number of ether oxygens (including phenoxy) is 1. The number of nitrogens with zero attached hydrogens (tertiary/aromatic N) is 1. The minimum atomic E-state index is -1.08. The number of nitrogens with one attached hydrogen (secondary N) is 1. The number of hydrogen-bond donors (Lipinski definition) is 2. The molecular weight excluding hydrogens is 539 g/mol. The van der Waals surface area contributed by atoms with Gasteiger partial charge in [0, 0.05) is 0 Å². The molecule has 6 nitrogen and oxygen atoms in total. The van der Waals surface area contributed by atoms with Crippen LogP contribution in [0.2, 0.25) is 0 Å². The third-order valence-corrected chi connectivity index (χ3v) is 5.07. The van der Waals surface area contributed by atoms with Gasteiger partial charge in [0.2, 0.25) is 0 Å². The molecule has 0 aliphatic rings. The van der Waals surface area contributed by atoms with Crippen molar-refractivity contribution in [2.45, 2.75) is 13.0 Å². The molecule has 0 aromatic heterocycles. The van der Waals surface area contributed by atoms with E-state index >= 15 is 0 Å². The van der Waals surface area contributed by atoms with Gasteiger partial charge >= 0.3 is 5.97 Å². The summed E-state index contributed by atoms with van der Waals surface area (Å²) in [6.45, 7) is 1.38. The second-order valence-electron chi connectivity index (χ2n) is 5.77. The van der Waals surface area contributed by atoms with Gasteiger partial charge in [-0.25, -0.2) is 4.79 Å². The van der Waals surface area contributed by atoms with Crippen LogP contribution in [0.5, 0.6) is 5.75 Å². The highest BCUT2D eigenvalue weighted by Gasteiger charge is 2.15. The summed E-state index contributed by atoms with van der Waals surface area (Å²) in [6, 6.07) is 14.5. The number of carboxylic acid groups (broad SMARTS) is 1. The molecule has 8 heteroatoms. The molecule has 2 aromatic rings. The largest absolute Gasteiger partial charge is 0.480 e. The Bertz CT molecular complexity index is 931. The van der Waals surface area contributed by atoms with Crippen molar-refractivity contribution in [3.05, 3.63) is 67.2 Å². The molecule has 0 fully saturated rings. The second kappa shape index (κ2) is 10.2. The molecule has 2 N–H and O–H groups in total. The van der Waals surface area contributed by atoms with Crippen LogP contribution < -0.4 is 10.1 Å². The van der Waals surface area contributed by atoms with Gasteiger partial charge < -0.3 is 15.2 Å². The SMILES string of the molecule is C[C@H](NC(=O)/C(C#N)=C\c1cc(Br)c(OCC(=O)O)c(I)c1)c1ccccc1. The quantitative estimate of drug-likeness (QED) is 0.302. The molecule has 28 heavy (non-hydrogen) atoms. The van der Waals surface area contributed by atoms with Crippen LogP contribution in [-0.2, 0) is 9.59 Å². The molecule has 1 atom stereocenters. The average molecular weight is 555 g/mol. The standard InChI is InChI=1S/C20H16BrIN2O4/c1-12(14-5-3-2-4-6-14)24-20(27)15(10-23)7-13-8-16(21)19(17(22)9-13)28-11-18(25)26/h2-9,12H,11H2,1H3,(H,24,27)(H,25,26)/b15-7-/t12-/m0/s1. The van der Waals surface area contributed by atoms with Gasteiger partial charge in [0.1, 0.15) is 17.4 Å². The fraction of sp³-hybridized carbons (Fsp3) is 0.150. The monoisotopic (exact) mass is 554 g/mol. The Morgan fingerprint density at radius 1 is 1.36 bits per heavy atom. The lowest BCUT2D eigenvalue weighted by molar-refractivity contribution is -0.139. The van der Waals surface area contributed by atoms with Crippen molar-refractivity contribution in [1.29, 1.82) is 5.26 Å². The summed E-state index contributed by atoms with van der Waals surface area (Å²) >= 11 is 5.33. The molecule has 0 unspecified atom stereocenters. The maximum absolute atomic E-state index is 12.5. The number of hydrogen-bond acceptors (Lipinski definition) is 4. The normalized spacial score (nSPS) is 12.0. The number of carbonyl (C=O) groups excluding carboxylic acids is 1. The van der Waals surface area contributed by atoms with Gasteiger partial charge in [0.25, 0.3) is 5.91 Å². The van der Waals surface area contributed by atoms with Crippen LogP contribution in [0.15, 0.2) is 52.5 Å². The van der Waals surface area contributed by atoms with E-state index in [9.17, 15) is 14.9 Å². The molecule has 0 radical (unpaired) electrons. The van der Waals surface area contributed by atoms with Gasteiger partial charge in [-0.3, -0.25) is 4.79 Å². The number of benzene rings is 2. The molecule has 0 aliphatic carbocycles. The summed E-state index contributed by atoms with van der Waals surface area (Å²) in [6.07, 6.45) is 1.47. The van der Waals surface area contributed by atoms with Crippen molar-refractivity contribution in [2.24, 2.45) is 0 Å². The van der Waals surface area contributed by atoms with E-state index in [4.69, 9.17) is 9.84 Å². The van der Waals surface area contributed by atoms with E-state index in [0.717, 1.165) is 5.56 Å². The van der Waals surface area contributed by atoms with Crippen molar-refractivity contribution in [3.63, 3.8) is 0 Å². The Morgan fingerprint density at radius 3 is 2.61 bits per heavy atom. The van der Waals surface area contributed by atoms with E-state index in [0.29, 0.717) is 19.4 Å². The fourth-order valence-electron chi connectivity index (χ4n) is 2.35. The number of amides is 1. The summed E-state index contributed by atoms with van der Waals surface area (Å²) in [5.74, 6) is -1.17. The molecule has 1 amide bonds. The van der Waals surface area contributed by atoms with Gasteiger partial charge in [-0.1, -0.05) is 30.3 Å². The van der Waals surface area contributed by atoms with Crippen molar-refractivity contribution in [3.8, 4) is 11.8 Å². The zero-order valence-corrected chi connectivity index (χ0v) is 18.5. The first kappa shape index (κ1) is 21.9. The predicted molar refractivity (Wildman–Crippen MR) is 117 cm³/mol. The summed E-state index contributed by atoms with van der Waals surface area (Å²) in [5.41, 5.74) is 1.51. The van der Waals surface area contributed by atoms with Crippen LogP contribution in [0.3, 0.4) is 0 Å². The molecular formula is C20H16BrIN2O4. The van der Waals surface area contributed by atoms with Gasteiger partial charge in [0.05, 0.1) is 14.1 Å². The van der Waals surface area contributed by atoms with E-state index in [1.807, 2.05) is 65.9 Å². The Morgan fingerprint density at radius 2 is 2.04 bits per heavy atom. The summed E-state index contributed by atoms with van der Waals surface area (Å²) in [5, 5.41) is 20.9. The minimum absolute atomic E-state index is 0.0373. The molecule has 0 heterocycles. The first-order valence-electron chi connectivity index (χ1n) is 8.13. The van der Waals surface area contributed by atoms with Crippen molar-refractivity contribution in [1.82, 2.24) is 5.32 Å². The van der Waals surface area contributed by atoms with Crippen LogP contribution >= 0.6 is 38.5 Å². The van der Waals surface area contributed by atoms with E-state index in [2.05, 4.69) is 21.2 Å². The Kier molecular flexibility index (Phi) is 8.02. The number of aliphatic carboxylic acids is 1. The third kappa shape index (κ3) is 6.07. The third-order valence-electron chi connectivity index (χ3n) is 3.68. The zero-order valence-electron chi connectivity index (χ0n) is 14.8. The van der Waals surface area contributed by atoms with Gasteiger partial charge in [-0.2, -0.15) is 5.26 Å². The average Bonchev–Trinajstić information content (AvgIpc) is 2.65. The Hall–Kier alpha value is -2.38. The number of rotatable bonds is 7. The first-order chi connectivity index (χ1) is 13.3. The van der Waals surface area contributed by atoms with Crippen molar-refractivity contribution in [2.75, 3.05) is 6.61 Å². The van der Waals surface area contributed by atoms with E-state index in [1.54, 1.807) is 12.1 Å². The number of carbonyl (C=O) groups is 2. The molecule has 0 bridgehead atoms. The number of nitriles is 1. The maximum Gasteiger partial charge on any atom is 0.341 e. The molecule has 0 aliphatic heterocycles. The second-order valence-corrected chi connectivity index (χ2v) is 7.79. The van der Waals surface area contributed by atoms with Gasteiger partial charge in [-0.05, 0) is 74.8 Å². The van der Waals surface area contributed by atoms with Crippen LogP contribution in [0, 0.1) is 14.9 Å².